The van der Waals surface area contributed by atoms with E-state index < -0.39 is 0 Å². The third kappa shape index (κ3) is 5.18. The summed E-state index contributed by atoms with van der Waals surface area (Å²) in [5.74, 6) is -0.125. The van der Waals surface area contributed by atoms with Crippen LogP contribution in [0.1, 0.15) is 44.1 Å². The quantitative estimate of drug-likeness (QED) is 0.817. The van der Waals surface area contributed by atoms with E-state index in [1.54, 1.807) is 4.90 Å². The van der Waals surface area contributed by atoms with E-state index in [1.807, 2.05) is 27.7 Å². The Morgan fingerprint density at radius 3 is 2.57 bits per heavy atom. The third-order valence-electron chi connectivity index (χ3n) is 2.72. The lowest BCUT2D eigenvalue weighted by Gasteiger charge is -2.24. The predicted molar refractivity (Wildman–Crippen MR) is 76.7 cm³/mol. The molecule has 1 rings (SSSR count). The van der Waals surface area contributed by atoms with E-state index in [9.17, 15) is 9.59 Å². The van der Waals surface area contributed by atoms with Crippen molar-refractivity contribution in [3.8, 4) is 0 Å². The van der Waals surface area contributed by atoms with E-state index in [0.29, 0.717) is 5.89 Å². The van der Waals surface area contributed by atoms with Crippen LogP contribution in [0, 0.1) is 0 Å². The number of nitrogens with zero attached hydrogens (tertiary/aromatic N) is 2. The van der Waals surface area contributed by atoms with Crippen LogP contribution in [-0.4, -0.2) is 47.5 Å². The molecule has 7 heteroatoms. The zero-order chi connectivity index (χ0) is 16.0. The van der Waals surface area contributed by atoms with Gasteiger partial charge in [-0.25, -0.2) is 4.98 Å². The molecule has 0 saturated heterocycles. The summed E-state index contributed by atoms with van der Waals surface area (Å²) in [5.41, 5.74) is 0.210. The summed E-state index contributed by atoms with van der Waals surface area (Å²) in [6.07, 6.45) is 1.30. The summed E-state index contributed by atoms with van der Waals surface area (Å²) in [5, 5.41) is 2.73. The molecule has 7 nitrogen and oxygen atoms in total. The number of nitrogens with one attached hydrogen (secondary N) is 1. The summed E-state index contributed by atoms with van der Waals surface area (Å²) >= 11 is 0. The Morgan fingerprint density at radius 1 is 1.38 bits per heavy atom. The van der Waals surface area contributed by atoms with Gasteiger partial charge in [-0.3, -0.25) is 9.59 Å². The zero-order valence-electron chi connectivity index (χ0n) is 13.2. The molecule has 0 aliphatic carbocycles. The van der Waals surface area contributed by atoms with Gasteiger partial charge >= 0.3 is 0 Å². The molecule has 1 N–H and O–H groups in total. The van der Waals surface area contributed by atoms with Crippen molar-refractivity contribution in [2.24, 2.45) is 0 Å². The Morgan fingerprint density at radius 2 is 2.05 bits per heavy atom. The Labute approximate surface area is 124 Å². The predicted octanol–water partition coefficient (Wildman–Crippen LogP) is 1.20. The minimum absolute atomic E-state index is 0.000415. The molecule has 1 heterocycles. The third-order valence-corrected chi connectivity index (χ3v) is 2.72. The van der Waals surface area contributed by atoms with E-state index >= 15 is 0 Å². The Kier molecular flexibility index (Phi) is 6.36. The molecule has 1 aromatic heterocycles. The van der Waals surface area contributed by atoms with Gasteiger partial charge in [0.25, 0.3) is 5.91 Å². The van der Waals surface area contributed by atoms with E-state index in [-0.39, 0.29) is 42.7 Å². The summed E-state index contributed by atoms with van der Waals surface area (Å²) in [6, 6.07) is 0.000541. The minimum Gasteiger partial charge on any atom is -0.446 e. The minimum atomic E-state index is -0.292. The summed E-state index contributed by atoms with van der Waals surface area (Å²) in [7, 11) is 1.47. The summed E-state index contributed by atoms with van der Waals surface area (Å²) in [6.45, 7) is 7.71. The largest absolute Gasteiger partial charge is 0.446 e. The standard InChI is InChI=1S/C14H23N3O4/c1-9(2)15-14(19)11-7-21-12(16-11)6-17(10(3)4)13(18)8-20-5/h7,9-10H,6,8H2,1-5H3,(H,15,19). The maximum atomic E-state index is 11.9. The van der Waals surface area contributed by atoms with Gasteiger partial charge in [0.2, 0.25) is 11.8 Å². The molecule has 2 amide bonds. The number of ether oxygens (including phenoxy) is 1. The lowest BCUT2D eigenvalue weighted by Crippen LogP contribution is -2.38. The topological polar surface area (TPSA) is 84.7 Å². The molecule has 118 valence electrons. The summed E-state index contributed by atoms with van der Waals surface area (Å²) in [4.78, 5) is 29.4. The van der Waals surface area contributed by atoms with E-state index in [2.05, 4.69) is 10.3 Å². The molecule has 0 saturated carbocycles. The highest BCUT2D eigenvalue weighted by molar-refractivity contribution is 5.92. The lowest BCUT2D eigenvalue weighted by molar-refractivity contribution is -0.137. The number of rotatable bonds is 7. The molecule has 21 heavy (non-hydrogen) atoms. The van der Waals surface area contributed by atoms with Gasteiger partial charge in [0, 0.05) is 19.2 Å². The van der Waals surface area contributed by atoms with Crippen LogP contribution in [0.15, 0.2) is 10.7 Å². The van der Waals surface area contributed by atoms with Gasteiger partial charge in [0.05, 0.1) is 6.54 Å². The lowest BCUT2D eigenvalue weighted by atomic mass is 10.3. The number of aromatic nitrogens is 1. The second-order valence-electron chi connectivity index (χ2n) is 5.30. The molecular formula is C14H23N3O4. The van der Waals surface area contributed by atoms with Crippen molar-refractivity contribution in [1.29, 1.82) is 0 Å². The smallest absolute Gasteiger partial charge is 0.273 e. The number of hydrogen-bond donors (Lipinski definition) is 1. The highest BCUT2D eigenvalue weighted by atomic mass is 16.5. The number of carbonyl (C=O) groups excluding carboxylic acids is 2. The van der Waals surface area contributed by atoms with Crippen molar-refractivity contribution in [1.82, 2.24) is 15.2 Å². The van der Waals surface area contributed by atoms with Crippen LogP contribution in [0.4, 0.5) is 0 Å². The van der Waals surface area contributed by atoms with Gasteiger partial charge in [-0.1, -0.05) is 0 Å². The fraction of sp³-hybridized carbons (Fsp3) is 0.643. The van der Waals surface area contributed by atoms with E-state index in [0.717, 1.165) is 0 Å². The molecule has 0 unspecified atom stereocenters. The second-order valence-corrected chi connectivity index (χ2v) is 5.30. The first kappa shape index (κ1) is 17.2. The Balaban J connectivity index is 2.75. The zero-order valence-corrected chi connectivity index (χ0v) is 13.2. The number of oxazole rings is 1. The van der Waals surface area contributed by atoms with Gasteiger partial charge in [0.1, 0.15) is 12.9 Å². The number of carbonyl (C=O) groups is 2. The maximum Gasteiger partial charge on any atom is 0.273 e. The normalized spacial score (nSPS) is 11.0. The first-order valence-corrected chi connectivity index (χ1v) is 6.88. The van der Waals surface area contributed by atoms with Crippen LogP contribution >= 0.6 is 0 Å². The molecule has 0 bridgehead atoms. The van der Waals surface area contributed by atoms with Crippen LogP contribution < -0.4 is 5.32 Å². The fourth-order valence-electron chi connectivity index (χ4n) is 1.73. The van der Waals surface area contributed by atoms with Gasteiger partial charge in [0.15, 0.2) is 5.69 Å². The average molecular weight is 297 g/mol. The Bertz CT molecular complexity index is 482. The molecule has 0 aromatic carbocycles. The van der Waals surface area contributed by atoms with Gasteiger partial charge in [-0.05, 0) is 27.7 Å². The number of amides is 2. The van der Waals surface area contributed by atoms with Crippen molar-refractivity contribution >= 4 is 11.8 Å². The molecule has 1 aromatic rings. The monoisotopic (exact) mass is 297 g/mol. The number of methoxy groups -OCH3 is 1. The van der Waals surface area contributed by atoms with Crippen LogP contribution in [0.3, 0.4) is 0 Å². The van der Waals surface area contributed by atoms with Gasteiger partial charge < -0.3 is 19.4 Å². The second kappa shape index (κ2) is 7.78. The first-order chi connectivity index (χ1) is 9.85. The molecular weight excluding hydrogens is 274 g/mol. The highest BCUT2D eigenvalue weighted by Crippen LogP contribution is 2.09. The SMILES string of the molecule is COCC(=O)N(Cc1nc(C(=O)NC(C)C)co1)C(C)C. The van der Waals surface area contributed by atoms with Crippen LogP contribution in [0.25, 0.3) is 0 Å². The molecule has 0 spiro atoms. The van der Waals surface area contributed by atoms with Crippen molar-refractivity contribution in [3.05, 3.63) is 17.8 Å². The van der Waals surface area contributed by atoms with Crippen molar-refractivity contribution in [2.75, 3.05) is 13.7 Å². The number of hydrogen-bond acceptors (Lipinski definition) is 5. The Hall–Kier alpha value is -1.89. The van der Waals surface area contributed by atoms with Crippen LogP contribution in [-0.2, 0) is 16.1 Å². The first-order valence-electron chi connectivity index (χ1n) is 6.88. The average Bonchev–Trinajstić information content (AvgIpc) is 2.83. The van der Waals surface area contributed by atoms with Gasteiger partial charge in [-0.2, -0.15) is 0 Å². The summed E-state index contributed by atoms with van der Waals surface area (Å²) < 4.78 is 10.1. The molecule has 0 fully saturated rings. The van der Waals surface area contributed by atoms with Crippen molar-refractivity contribution < 1.29 is 18.7 Å². The molecule has 0 atom stereocenters. The van der Waals surface area contributed by atoms with Gasteiger partial charge in [-0.15, -0.1) is 0 Å². The van der Waals surface area contributed by atoms with E-state index in [1.165, 1.54) is 13.4 Å². The molecule has 0 aliphatic rings. The molecule has 0 aliphatic heterocycles. The molecule has 0 radical (unpaired) electrons. The van der Waals surface area contributed by atoms with Crippen molar-refractivity contribution in [2.45, 2.75) is 46.3 Å². The van der Waals surface area contributed by atoms with E-state index in [4.69, 9.17) is 9.15 Å². The highest BCUT2D eigenvalue weighted by Gasteiger charge is 2.20. The van der Waals surface area contributed by atoms with Crippen LogP contribution in [0.5, 0.6) is 0 Å². The van der Waals surface area contributed by atoms with Crippen LogP contribution in [0.2, 0.25) is 0 Å². The fourth-order valence-corrected chi connectivity index (χ4v) is 1.73. The maximum absolute atomic E-state index is 11.9. The van der Waals surface area contributed by atoms with Crippen molar-refractivity contribution in [3.63, 3.8) is 0 Å².